The van der Waals surface area contributed by atoms with Gasteiger partial charge in [-0.15, -0.1) is 0 Å². The lowest BCUT2D eigenvalue weighted by Crippen LogP contribution is -2.27. The van der Waals surface area contributed by atoms with Crippen LogP contribution in [-0.2, 0) is 4.74 Å². The molecule has 3 heteroatoms. The molecule has 0 saturated carbocycles. The highest BCUT2D eigenvalue weighted by Gasteiger charge is 2.06. The number of rotatable bonds is 5. The third-order valence-corrected chi connectivity index (χ3v) is 1.74. The molecule has 0 unspecified atom stereocenters. The van der Waals surface area contributed by atoms with Crippen LogP contribution < -0.4 is 0 Å². The monoisotopic (exact) mass is 195 g/mol. The summed E-state index contributed by atoms with van der Waals surface area (Å²) in [7, 11) is 1.69. The van der Waals surface area contributed by atoms with E-state index in [-0.39, 0.29) is 12.7 Å². The van der Waals surface area contributed by atoms with Gasteiger partial charge in [0.2, 0.25) is 0 Å². The molecule has 0 aromatic carbocycles. The Bertz CT molecular complexity index is 244. The fourth-order valence-corrected chi connectivity index (χ4v) is 0.711. The highest BCUT2D eigenvalue weighted by Crippen LogP contribution is 1.99. The first-order chi connectivity index (χ1) is 6.65. The van der Waals surface area contributed by atoms with Gasteiger partial charge in [-0.05, 0) is 12.5 Å². The maximum atomic E-state index is 11.2. The number of nitrogens with zero attached hydrogens (tertiary/aromatic N) is 1. The summed E-state index contributed by atoms with van der Waals surface area (Å²) in [6.07, 6.45) is 4.70. The molecule has 0 saturated heterocycles. The van der Waals surface area contributed by atoms with Crippen molar-refractivity contribution >= 4 is 6.09 Å². The smallest absolute Gasteiger partial charge is 0.409 e. The maximum absolute atomic E-state index is 11.2. The first-order valence-electron chi connectivity index (χ1n) is 4.47. The zero-order valence-electron chi connectivity index (χ0n) is 8.82. The summed E-state index contributed by atoms with van der Waals surface area (Å²) in [5.74, 6) is 0. The van der Waals surface area contributed by atoms with Gasteiger partial charge in [-0.25, -0.2) is 4.79 Å². The van der Waals surface area contributed by atoms with Crippen LogP contribution in [-0.4, -0.2) is 31.2 Å². The largest absolute Gasteiger partial charge is 0.445 e. The van der Waals surface area contributed by atoms with Crippen LogP contribution >= 0.6 is 0 Å². The molecule has 0 aromatic heterocycles. The second-order valence-corrected chi connectivity index (χ2v) is 2.75. The van der Waals surface area contributed by atoms with Gasteiger partial charge in [-0.2, -0.15) is 0 Å². The van der Waals surface area contributed by atoms with E-state index in [1.54, 1.807) is 25.3 Å². The fraction of sp³-hybridized carbons (Fsp3) is 0.364. The van der Waals surface area contributed by atoms with Crippen molar-refractivity contribution < 1.29 is 9.53 Å². The van der Waals surface area contributed by atoms with Crippen LogP contribution in [0.1, 0.15) is 6.92 Å². The van der Waals surface area contributed by atoms with Crippen LogP contribution in [0.15, 0.2) is 37.0 Å². The van der Waals surface area contributed by atoms with Gasteiger partial charge in [0.25, 0.3) is 0 Å². The molecule has 14 heavy (non-hydrogen) atoms. The Labute approximate surface area is 85.4 Å². The number of hydrogen-bond donors (Lipinski definition) is 0. The standard InChI is InChI=1S/C11H17NO2/c1-5-8-10(6-2)9-14-11(13)12(4)7-3/h5-6,8H,1-2,7,9H2,3-4H3/b10-8+. The van der Waals surface area contributed by atoms with E-state index in [2.05, 4.69) is 13.2 Å². The molecule has 0 aliphatic heterocycles. The highest BCUT2D eigenvalue weighted by atomic mass is 16.6. The van der Waals surface area contributed by atoms with Crippen molar-refractivity contribution in [2.75, 3.05) is 20.2 Å². The van der Waals surface area contributed by atoms with E-state index in [1.165, 1.54) is 4.90 Å². The minimum Gasteiger partial charge on any atom is -0.445 e. The third kappa shape index (κ3) is 4.50. The molecule has 0 N–H and O–H groups in total. The van der Waals surface area contributed by atoms with Crippen LogP contribution in [0.3, 0.4) is 0 Å². The summed E-state index contributed by atoms with van der Waals surface area (Å²) in [6, 6.07) is 0. The number of allylic oxidation sites excluding steroid dienone is 2. The lowest BCUT2D eigenvalue weighted by Gasteiger charge is -2.14. The van der Waals surface area contributed by atoms with Gasteiger partial charge < -0.3 is 9.64 Å². The quantitative estimate of drug-likeness (QED) is 0.630. The summed E-state index contributed by atoms with van der Waals surface area (Å²) >= 11 is 0. The van der Waals surface area contributed by atoms with Gasteiger partial charge in [-0.3, -0.25) is 0 Å². The number of hydrogen-bond acceptors (Lipinski definition) is 2. The summed E-state index contributed by atoms with van der Waals surface area (Å²) in [5.41, 5.74) is 0.831. The Kier molecular flexibility index (Phi) is 6.20. The molecule has 0 radical (unpaired) electrons. The Hall–Kier alpha value is -1.51. The lowest BCUT2D eigenvalue weighted by molar-refractivity contribution is 0.122. The molecule has 0 atom stereocenters. The zero-order chi connectivity index (χ0) is 11.0. The fourth-order valence-electron chi connectivity index (χ4n) is 0.711. The summed E-state index contributed by atoms with van der Waals surface area (Å²) in [6.45, 7) is 9.90. The Balaban J connectivity index is 4.03. The van der Waals surface area contributed by atoms with Gasteiger partial charge in [0.05, 0.1) is 0 Å². The molecular weight excluding hydrogens is 178 g/mol. The highest BCUT2D eigenvalue weighted by molar-refractivity contribution is 5.67. The molecule has 0 aromatic rings. The zero-order valence-corrected chi connectivity index (χ0v) is 8.82. The number of carbonyl (C=O) groups is 1. The number of ether oxygens (including phenoxy) is 1. The van der Waals surface area contributed by atoms with Crippen molar-refractivity contribution in [3.63, 3.8) is 0 Å². The Morgan fingerprint density at radius 2 is 2.14 bits per heavy atom. The van der Waals surface area contributed by atoms with E-state index in [4.69, 9.17) is 4.74 Å². The second kappa shape index (κ2) is 6.95. The van der Waals surface area contributed by atoms with E-state index in [0.717, 1.165) is 5.57 Å². The number of amides is 1. The van der Waals surface area contributed by atoms with Crippen LogP contribution in [0.4, 0.5) is 4.79 Å². The summed E-state index contributed by atoms with van der Waals surface area (Å²) < 4.78 is 5.00. The molecule has 0 bridgehead atoms. The average molecular weight is 195 g/mol. The first-order valence-corrected chi connectivity index (χ1v) is 4.47. The van der Waals surface area contributed by atoms with Crippen molar-refractivity contribution in [3.05, 3.63) is 37.0 Å². The van der Waals surface area contributed by atoms with Crippen LogP contribution in [0.2, 0.25) is 0 Å². The van der Waals surface area contributed by atoms with Crippen LogP contribution in [0, 0.1) is 0 Å². The minimum absolute atomic E-state index is 0.235. The van der Waals surface area contributed by atoms with Gasteiger partial charge in [-0.1, -0.05) is 31.4 Å². The normalized spacial score (nSPS) is 10.6. The van der Waals surface area contributed by atoms with E-state index < -0.39 is 0 Å². The van der Waals surface area contributed by atoms with Gasteiger partial charge in [0.15, 0.2) is 0 Å². The molecular formula is C11H17NO2. The molecule has 0 spiro atoms. The van der Waals surface area contributed by atoms with E-state index >= 15 is 0 Å². The predicted molar refractivity (Wildman–Crippen MR) is 58.1 cm³/mol. The Morgan fingerprint density at radius 3 is 2.57 bits per heavy atom. The topological polar surface area (TPSA) is 29.5 Å². The molecule has 0 heterocycles. The lowest BCUT2D eigenvalue weighted by atomic mass is 10.2. The summed E-state index contributed by atoms with van der Waals surface area (Å²) in [5, 5.41) is 0. The molecule has 1 amide bonds. The molecule has 0 fully saturated rings. The second-order valence-electron chi connectivity index (χ2n) is 2.75. The maximum Gasteiger partial charge on any atom is 0.409 e. The predicted octanol–water partition coefficient (Wildman–Crippen LogP) is 2.37. The molecule has 0 rings (SSSR count). The van der Waals surface area contributed by atoms with Gasteiger partial charge >= 0.3 is 6.09 Å². The SMILES string of the molecule is C=C/C=C(\C=C)COC(=O)N(C)CC. The molecule has 78 valence electrons. The van der Waals surface area contributed by atoms with Crippen molar-refractivity contribution in [2.45, 2.75) is 6.92 Å². The van der Waals surface area contributed by atoms with Crippen LogP contribution in [0.5, 0.6) is 0 Å². The van der Waals surface area contributed by atoms with Gasteiger partial charge in [0, 0.05) is 13.6 Å². The van der Waals surface area contributed by atoms with E-state index in [1.807, 2.05) is 6.92 Å². The minimum atomic E-state index is -0.329. The number of carbonyl (C=O) groups excluding carboxylic acids is 1. The van der Waals surface area contributed by atoms with Crippen molar-refractivity contribution in [2.24, 2.45) is 0 Å². The first kappa shape index (κ1) is 12.5. The van der Waals surface area contributed by atoms with Crippen molar-refractivity contribution in [1.82, 2.24) is 4.90 Å². The molecule has 0 aliphatic rings. The van der Waals surface area contributed by atoms with E-state index in [0.29, 0.717) is 6.54 Å². The Morgan fingerprint density at radius 1 is 1.50 bits per heavy atom. The average Bonchev–Trinajstić information content (AvgIpc) is 2.22. The molecule has 0 aliphatic carbocycles. The van der Waals surface area contributed by atoms with Crippen LogP contribution in [0.25, 0.3) is 0 Å². The van der Waals surface area contributed by atoms with E-state index in [9.17, 15) is 4.79 Å². The van der Waals surface area contributed by atoms with Crippen molar-refractivity contribution in [3.8, 4) is 0 Å². The van der Waals surface area contributed by atoms with Crippen molar-refractivity contribution in [1.29, 1.82) is 0 Å². The third-order valence-electron chi connectivity index (χ3n) is 1.74. The van der Waals surface area contributed by atoms with Gasteiger partial charge in [0.1, 0.15) is 6.61 Å². The molecule has 3 nitrogen and oxygen atoms in total. The summed E-state index contributed by atoms with van der Waals surface area (Å²) in [4.78, 5) is 12.7.